The molecule has 6 heteroatoms. The lowest BCUT2D eigenvalue weighted by molar-refractivity contribution is -0.187. The fourth-order valence-electron chi connectivity index (χ4n) is 2.56. The van der Waals surface area contributed by atoms with E-state index in [0.29, 0.717) is 5.56 Å². The summed E-state index contributed by atoms with van der Waals surface area (Å²) in [4.78, 5) is 23.3. The van der Waals surface area contributed by atoms with E-state index in [1.54, 1.807) is 30.3 Å². The molecule has 2 rings (SSSR count). The molecule has 0 aromatic heterocycles. The first-order valence-corrected chi connectivity index (χ1v) is 6.26. The van der Waals surface area contributed by atoms with Crippen molar-refractivity contribution in [1.29, 1.82) is 0 Å². The number of aliphatic carboxylic acids is 1. The van der Waals surface area contributed by atoms with Gasteiger partial charge < -0.3 is 20.4 Å². The number of ketones is 1. The summed E-state index contributed by atoms with van der Waals surface area (Å²) in [6.45, 7) is 0. The molecular weight excluding hydrogens is 264 g/mol. The maximum Gasteiger partial charge on any atom is 0.336 e. The molecule has 0 aliphatic heterocycles. The van der Waals surface area contributed by atoms with Crippen LogP contribution in [0.5, 0.6) is 0 Å². The summed E-state index contributed by atoms with van der Waals surface area (Å²) in [5, 5.41) is 38.5. The summed E-state index contributed by atoms with van der Waals surface area (Å²) in [5.74, 6) is -3.71. The molecular formula is C14H16O6. The second-order valence-electron chi connectivity index (χ2n) is 5.09. The highest BCUT2D eigenvalue weighted by molar-refractivity contribution is 5.94. The Morgan fingerprint density at radius 3 is 2.40 bits per heavy atom. The molecule has 4 N–H and O–H groups in total. The number of carbonyl (C=O) groups is 2. The molecule has 0 bridgehead atoms. The first-order valence-electron chi connectivity index (χ1n) is 6.26. The molecule has 20 heavy (non-hydrogen) atoms. The average molecular weight is 280 g/mol. The zero-order valence-electron chi connectivity index (χ0n) is 10.6. The van der Waals surface area contributed by atoms with E-state index in [0.717, 1.165) is 0 Å². The minimum Gasteiger partial charge on any atom is -0.479 e. The first kappa shape index (κ1) is 14.6. The van der Waals surface area contributed by atoms with E-state index in [2.05, 4.69) is 0 Å². The van der Waals surface area contributed by atoms with Crippen LogP contribution < -0.4 is 0 Å². The number of aliphatic hydroxyl groups is 3. The smallest absolute Gasteiger partial charge is 0.336 e. The van der Waals surface area contributed by atoms with Crippen molar-refractivity contribution >= 4 is 11.8 Å². The number of Topliss-reactive ketones (excluding diaryl/α,β-unsaturated/α-hetero) is 1. The Morgan fingerprint density at radius 1 is 1.25 bits per heavy atom. The van der Waals surface area contributed by atoms with E-state index in [-0.39, 0.29) is 6.42 Å². The molecule has 0 radical (unpaired) electrons. The van der Waals surface area contributed by atoms with Crippen molar-refractivity contribution in [3.05, 3.63) is 35.9 Å². The van der Waals surface area contributed by atoms with Crippen molar-refractivity contribution < 1.29 is 30.0 Å². The van der Waals surface area contributed by atoms with Gasteiger partial charge in [-0.3, -0.25) is 4.79 Å². The van der Waals surface area contributed by atoms with E-state index in [9.17, 15) is 30.0 Å². The van der Waals surface area contributed by atoms with E-state index < -0.39 is 41.9 Å². The van der Waals surface area contributed by atoms with Crippen molar-refractivity contribution in [1.82, 2.24) is 0 Å². The third-order valence-corrected chi connectivity index (χ3v) is 3.75. The molecule has 0 spiro atoms. The number of carbonyl (C=O) groups excluding carboxylic acids is 1. The predicted molar refractivity (Wildman–Crippen MR) is 67.9 cm³/mol. The summed E-state index contributed by atoms with van der Waals surface area (Å²) in [7, 11) is 0. The molecule has 1 aliphatic rings. The van der Waals surface area contributed by atoms with Crippen LogP contribution in [0.1, 0.15) is 12.0 Å². The van der Waals surface area contributed by atoms with Crippen LogP contribution in [-0.4, -0.2) is 50.0 Å². The molecule has 1 fully saturated rings. The van der Waals surface area contributed by atoms with Gasteiger partial charge in [-0.05, 0) is 12.0 Å². The lowest BCUT2D eigenvalue weighted by Crippen LogP contribution is -2.61. The molecule has 1 aromatic carbocycles. The van der Waals surface area contributed by atoms with Gasteiger partial charge in [0, 0.05) is 6.42 Å². The van der Waals surface area contributed by atoms with Crippen LogP contribution in [0.2, 0.25) is 0 Å². The van der Waals surface area contributed by atoms with Gasteiger partial charge in [-0.25, -0.2) is 4.79 Å². The maximum absolute atomic E-state index is 12.0. The van der Waals surface area contributed by atoms with Gasteiger partial charge in [0.2, 0.25) is 0 Å². The Balaban J connectivity index is 2.34. The highest BCUT2D eigenvalue weighted by atomic mass is 16.4. The molecule has 0 saturated heterocycles. The molecule has 0 unspecified atom stereocenters. The van der Waals surface area contributed by atoms with Gasteiger partial charge in [0.1, 0.15) is 6.10 Å². The fraction of sp³-hybridized carbons (Fsp3) is 0.429. The van der Waals surface area contributed by atoms with Gasteiger partial charge in [0.15, 0.2) is 11.4 Å². The van der Waals surface area contributed by atoms with E-state index in [4.69, 9.17) is 0 Å². The van der Waals surface area contributed by atoms with Crippen LogP contribution >= 0.6 is 0 Å². The SMILES string of the molecule is O=C1[C@@H](O)[C@H](O)C[C@](O)(C(=O)O)[C@@H]1Cc1ccccc1. The summed E-state index contributed by atoms with van der Waals surface area (Å²) < 4.78 is 0. The largest absolute Gasteiger partial charge is 0.479 e. The highest BCUT2D eigenvalue weighted by Gasteiger charge is 2.55. The molecule has 0 amide bonds. The topological polar surface area (TPSA) is 115 Å². The van der Waals surface area contributed by atoms with Crippen LogP contribution in [-0.2, 0) is 16.0 Å². The third-order valence-electron chi connectivity index (χ3n) is 3.75. The zero-order valence-corrected chi connectivity index (χ0v) is 10.6. The van der Waals surface area contributed by atoms with Crippen molar-refractivity contribution in [3.8, 4) is 0 Å². The quantitative estimate of drug-likeness (QED) is 0.585. The summed E-state index contributed by atoms with van der Waals surface area (Å²) in [6, 6.07) is 8.63. The number of carboxylic acids is 1. The minimum absolute atomic E-state index is 0.00769. The maximum atomic E-state index is 12.0. The minimum atomic E-state index is -2.37. The Morgan fingerprint density at radius 2 is 1.85 bits per heavy atom. The second-order valence-corrected chi connectivity index (χ2v) is 5.09. The van der Waals surface area contributed by atoms with Crippen molar-refractivity contribution in [2.45, 2.75) is 30.7 Å². The van der Waals surface area contributed by atoms with Crippen LogP contribution in [0.3, 0.4) is 0 Å². The van der Waals surface area contributed by atoms with E-state index in [1.165, 1.54) is 0 Å². The number of benzene rings is 1. The zero-order chi connectivity index (χ0) is 14.9. The van der Waals surface area contributed by atoms with Crippen molar-refractivity contribution in [2.75, 3.05) is 0 Å². The Labute approximate surface area is 115 Å². The van der Waals surface area contributed by atoms with E-state index in [1.807, 2.05) is 0 Å². The number of hydrogen-bond donors (Lipinski definition) is 4. The fourth-order valence-corrected chi connectivity index (χ4v) is 2.56. The number of hydrogen-bond acceptors (Lipinski definition) is 5. The highest BCUT2D eigenvalue weighted by Crippen LogP contribution is 2.34. The number of carboxylic acid groups (broad SMARTS) is 1. The third kappa shape index (κ3) is 2.45. The first-order chi connectivity index (χ1) is 9.36. The molecule has 4 atom stereocenters. The lowest BCUT2D eigenvalue weighted by Gasteiger charge is -2.39. The average Bonchev–Trinajstić information content (AvgIpc) is 2.42. The van der Waals surface area contributed by atoms with E-state index >= 15 is 0 Å². The number of aliphatic hydroxyl groups excluding tert-OH is 2. The van der Waals surface area contributed by atoms with Gasteiger partial charge in [-0.1, -0.05) is 30.3 Å². The Bertz CT molecular complexity index is 514. The Kier molecular flexibility index (Phi) is 3.89. The van der Waals surface area contributed by atoms with Gasteiger partial charge in [0.25, 0.3) is 0 Å². The molecule has 1 saturated carbocycles. The predicted octanol–water partition coefficient (Wildman–Crippen LogP) is -0.644. The molecule has 1 aromatic rings. The lowest BCUT2D eigenvalue weighted by atomic mass is 9.69. The standard InChI is InChI=1S/C14H16O6/c15-10-7-14(20,13(18)19)9(11(16)12(10)17)6-8-4-2-1-3-5-8/h1-5,9-10,12,15,17,20H,6-7H2,(H,18,19)/t9-,10-,12+,14-/m1/s1. The van der Waals surface area contributed by atoms with Crippen LogP contribution in [0.25, 0.3) is 0 Å². The van der Waals surface area contributed by atoms with Crippen LogP contribution in [0, 0.1) is 5.92 Å². The van der Waals surface area contributed by atoms with Crippen molar-refractivity contribution in [2.24, 2.45) is 5.92 Å². The molecule has 1 aliphatic carbocycles. The Hall–Kier alpha value is -1.76. The van der Waals surface area contributed by atoms with Crippen LogP contribution in [0.4, 0.5) is 0 Å². The summed E-state index contributed by atoms with van der Waals surface area (Å²) >= 11 is 0. The van der Waals surface area contributed by atoms with Crippen LogP contribution in [0.15, 0.2) is 30.3 Å². The molecule has 6 nitrogen and oxygen atoms in total. The molecule has 108 valence electrons. The van der Waals surface area contributed by atoms with Gasteiger partial charge in [0.05, 0.1) is 12.0 Å². The van der Waals surface area contributed by atoms with Crippen molar-refractivity contribution in [3.63, 3.8) is 0 Å². The van der Waals surface area contributed by atoms with Gasteiger partial charge in [-0.2, -0.15) is 0 Å². The monoisotopic (exact) mass is 280 g/mol. The second kappa shape index (κ2) is 5.32. The normalized spacial score (nSPS) is 34.0. The molecule has 0 heterocycles. The summed E-state index contributed by atoms with van der Waals surface area (Å²) in [5.41, 5.74) is -1.69. The summed E-state index contributed by atoms with van der Waals surface area (Å²) in [6.07, 6.45) is -3.82. The van der Waals surface area contributed by atoms with Gasteiger partial charge in [-0.15, -0.1) is 0 Å². The van der Waals surface area contributed by atoms with Gasteiger partial charge >= 0.3 is 5.97 Å². The number of rotatable bonds is 3.